The molecule has 3 nitrogen and oxygen atoms in total. The van der Waals surface area contributed by atoms with Crippen LogP contribution in [0.15, 0.2) is 0 Å². The summed E-state index contributed by atoms with van der Waals surface area (Å²) in [6, 6.07) is 3.39. The molecule has 0 atom stereocenters. The van der Waals surface area contributed by atoms with E-state index >= 15 is 0 Å². The summed E-state index contributed by atoms with van der Waals surface area (Å²) in [6.07, 6.45) is 1.67. The second-order valence-corrected chi connectivity index (χ2v) is 2.11. The molecular weight excluding hydrogens is 134 g/mol. The van der Waals surface area contributed by atoms with E-state index in [1.54, 1.807) is 18.4 Å². The van der Waals surface area contributed by atoms with Gasteiger partial charge in [-0.15, -0.1) is 11.8 Å². The molecule has 0 bridgehead atoms. The van der Waals surface area contributed by atoms with Crippen LogP contribution >= 0.6 is 11.8 Å². The van der Waals surface area contributed by atoms with Crippen LogP contribution in [-0.2, 0) is 0 Å². The van der Waals surface area contributed by atoms with Gasteiger partial charge in [0.15, 0.2) is 5.92 Å². The van der Waals surface area contributed by atoms with Gasteiger partial charge in [0.1, 0.15) is 0 Å². The molecule has 46 valence electrons. The molecule has 0 radical (unpaired) electrons. The summed E-state index contributed by atoms with van der Waals surface area (Å²) in [7, 11) is 0. The normalized spacial score (nSPS) is 8.00. The third-order valence-electron chi connectivity index (χ3n) is 0.740. The Kier molecular flexibility index (Phi) is 3.50. The highest BCUT2D eigenvalue weighted by Gasteiger charge is 2.09. The lowest BCUT2D eigenvalue weighted by atomic mass is 10.2. The lowest BCUT2D eigenvalue weighted by Gasteiger charge is -1.94. The van der Waals surface area contributed by atoms with E-state index in [0.29, 0.717) is 0 Å². The van der Waals surface area contributed by atoms with E-state index in [0.717, 1.165) is 11.8 Å². The quantitative estimate of drug-likeness (QED) is 0.435. The Morgan fingerprint density at radius 2 is 2.00 bits per heavy atom. The van der Waals surface area contributed by atoms with Crippen molar-refractivity contribution in [3.05, 3.63) is 0 Å². The van der Waals surface area contributed by atoms with Crippen molar-refractivity contribution < 1.29 is 0 Å². The maximum atomic E-state index is 8.20. The fourth-order valence-corrected chi connectivity index (χ4v) is 0.605. The molecule has 0 fully saturated rings. The van der Waals surface area contributed by atoms with Crippen LogP contribution in [0.4, 0.5) is 0 Å². The van der Waals surface area contributed by atoms with Crippen molar-refractivity contribution in [2.24, 2.45) is 5.92 Å². The Morgan fingerprint density at radius 3 is 2.11 bits per heavy atom. The van der Waals surface area contributed by atoms with E-state index < -0.39 is 5.92 Å². The molecule has 0 saturated carbocycles. The fourth-order valence-electron chi connectivity index (χ4n) is 0.264. The Morgan fingerprint density at radius 1 is 1.56 bits per heavy atom. The summed E-state index contributed by atoms with van der Waals surface area (Å²) >= 11 is 1.12. The van der Waals surface area contributed by atoms with Crippen molar-refractivity contribution in [2.75, 3.05) is 6.26 Å². The maximum absolute atomic E-state index is 8.20. The van der Waals surface area contributed by atoms with Gasteiger partial charge in [0, 0.05) is 0 Å². The molecule has 0 aliphatic heterocycles. The van der Waals surface area contributed by atoms with Crippen LogP contribution < -0.4 is 0 Å². The first kappa shape index (κ1) is 8.00. The van der Waals surface area contributed by atoms with Gasteiger partial charge in [-0.3, -0.25) is 5.41 Å². The predicted octanol–water partition coefficient (Wildman–Crippen LogP) is 0.990. The molecule has 0 heterocycles. The lowest BCUT2D eigenvalue weighted by Crippen LogP contribution is -2.03. The van der Waals surface area contributed by atoms with Gasteiger partial charge in [0.05, 0.1) is 17.2 Å². The lowest BCUT2D eigenvalue weighted by molar-refractivity contribution is 1.15. The number of rotatable bonds is 1. The highest BCUT2D eigenvalue weighted by Crippen LogP contribution is 2.05. The molecule has 0 saturated heterocycles. The standard InChI is InChI=1S/C5H5N3S/c1-9-5(8)4(2-6)3-7/h4,8H,1H3. The van der Waals surface area contributed by atoms with Gasteiger partial charge in [-0.2, -0.15) is 10.5 Å². The zero-order chi connectivity index (χ0) is 7.28. The summed E-state index contributed by atoms with van der Waals surface area (Å²) in [5, 5.41) is 23.5. The third-order valence-corrected chi connectivity index (χ3v) is 1.42. The minimum atomic E-state index is -0.875. The minimum Gasteiger partial charge on any atom is -0.296 e. The van der Waals surface area contributed by atoms with Gasteiger partial charge in [-0.05, 0) is 6.26 Å². The van der Waals surface area contributed by atoms with Crippen molar-refractivity contribution in [3.8, 4) is 12.1 Å². The highest BCUT2D eigenvalue weighted by molar-refractivity contribution is 8.13. The second-order valence-electron chi connectivity index (χ2n) is 1.26. The van der Waals surface area contributed by atoms with E-state index in [4.69, 9.17) is 15.9 Å². The molecule has 1 N–H and O–H groups in total. The van der Waals surface area contributed by atoms with Crippen LogP contribution in [0.1, 0.15) is 0 Å². The minimum absolute atomic E-state index is 0.111. The zero-order valence-electron chi connectivity index (χ0n) is 4.88. The largest absolute Gasteiger partial charge is 0.296 e. The molecule has 0 aromatic rings. The molecule has 0 aliphatic carbocycles. The Hall–Kier alpha value is -1.00. The summed E-state index contributed by atoms with van der Waals surface area (Å²) in [5.41, 5.74) is 0. The number of nitrogens with zero attached hydrogens (tertiary/aromatic N) is 2. The van der Waals surface area contributed by atoms with Crippen LogP contribution in [0.2, 0.25) is 0 Å². The van der Waals surface area contributed by atoms with Crippen LogP contribution in [-0.4, -0.2) is 11.3 Å². The average molecular weight is 139 g/mol. The topological polar surface area (TPSA) is 71.4 Å². The molecule has 0 aromatic carbocycles. The first-order valence-electron chi connectivity index (χ1n) is 2.18. The molecule has 0 rings (SSSR count). The number of hydrogen-bond donors (Lipinski definition) is 1. The van der Waals surface area contributed by atoms with Gasteiger partial charge >= 0.3 is 0 Å². The molecular formula is C5H5N3S. The average Bonchev–Trinajstić information content (AvgIpc) is 1.90. The SMILES string of the molecule is CSC(=N)C(C#N)C#N. The Labute approximate surface area is 57.8 Å². The van der Waals surface area contributed by atoms with Gasteiger partial charge < -0.3 is 0 Å². The van der Waals surface area contributed by atoms with Crippen molar-refractivity contribution in [1.29, 1.82) is 15.9 Å². The summed E-state index contributed by atoms with van der Waals surface area (Å²) in [5.74, 6) is -0.875. The van der Waals surface area contributed by atoms with Crippen LogP contribution in [0.5, 0.6) is 0 Å². The first-order chi connectivity index (χ1) is 4.26. The number of nitrogens with one attached hydrogen (secondary N) is 1. The van der Waals surface area contributed by atoms with Crippen LogP contribution in [0.25, 0.3) is 0 Å². The Balaban J connectivity index is 4.05. The molecule has 0 unspecified atom stereocenters. The van der Waals surface area contributed by atoms with E-state index in [1.165, 1.54) is 0 Å². The smallest absolute Gasteiger partial charge is 0.180 e. The molecule has 4 heteroatoms. The number of nitriles is 2. The van der Waals surface area contributed by atoms with Crippen molar-refractivity contribution in [2.45, 2.75) is 0 Å². The highest BCUT2D eigenvalue weighted by atomic mass is 32.2. The summed E-state index contributed by atoms with van der Waals surface area (Å²) < 4.78 is 0. The monoisotopic (exact) mass is 139 g/mol. The third kappa shape index (κ3) is 2.16. The Bertz CT molecular complexity index is 171. The zero-order valence-corrected chi connectivity index (χ0v) is 5.70. The molecule has 9 heavy (non-hydrogen) atoms. The molecule has 0 aliphatic rings. The van der Waals surface area contributed by atoms with Crippen molar-refractivity contribution >= 4 is 16.8 Å². The fraction of sp³-hybridized carbons (Fsp3) is 0.400. The van der Waals surface area contributed by atoms with Crippen molar-refractivity contribution in [1.82, 2.24) is 0 Å². The second kappa shape index (κ2) is 3.94. The van der Waals surface area contributed by atoms with Gasteiger partial charge in [-0.25, -0.2) is 0 Å². The van der Waals surface area contributed by atoms with Gasteiger partial charge in [0.25, 0.3) is 0 Å². The summed E-state index contributed by atoms with van der Waals surface area (Å²) in [4.78, 5) is 0. The van der Waals surface area contributed by atoms with Crippen LogP contribution in [0.3, 0.4) is 0 Å². The van der Waals surface area contributed by atoms with Crippen molar-refractivity contribution in [3.63, 3.8) is 0 Å². The number of thioether (sulfide) groups is 1. The summed E-state index contributed by atoms with van der Waals surface area (Å²) in [6.45, 7) is 0. The maximum Gasteiger partial charge on any atom is 0.180 e. The molecule has 0 amide bonds. The van der Waals surface area contributed by atoms with E-state index in [2.05, 4.69) is 0 Å². The number of hydrogen-bond acceptors (Lipinski definition) is 4. The van der Waals surface area contributed by atoms with E-state index in [-0.39, 0.29) is 5.04 Å². The van der Waals surface area contributed by atoms with Crippen LogP contribution in [0, 0.1) is 34.0 Å². The van der Waals surface area contributed by atoms with Gasteiger partial charge in [-0.1, -0.05) is 0 Å². The van der Waals surface area contributed by atoms with E-state index in [9.17, 15) is 0 Å². The van der Waals surface area contributed by atoms with Gasteiger partial charge in [0.2, 0.25) is 0 Å². The van der Waals surface area contributed by atoms with E-state index in [1.807, 2.05) is 0 Å². The predicted molar refractivity (Wildman–Crippen MR) is 36.0 cm³/mol. The first-order valence-corrected chi connectivity index (χ1v) is 3.40. The molecule has 0 spiro atoms. The molecule has 0 aromatic heterocycles.